The van der Waals surface area contributed by atoms with Crippen molar-refractivity contribution in [2.75, 3.05) is 32.6 Å². The van der Waals surface area contributed by atoms with Gasteiger partial charge in [-0.1, -0.05) is 23.7 Å². The summed E-state index contributed by atoms with van der Waals surface area (Å²) in [4.78, 5) is 6.71. The number of hydrogen-bond acceptors (Lipinski definition) is 6. The Morgan fingerprint density at radius 1 is 1.27 bits per heavy atom. The smallest absolute Gasteiger partial charge is 0.213 e. The van der Waals surface area contributed by atoms with Gasteiger partial charge in [0.05, 0.1) is 16.5 Å². The summed E-state index contributed by atoms with van der Waals surface area (Å²) in [6, 6.07) is 10.5. The van der Waals surface area contributed by atoms with E-state index < -0.39 is 9.84 Å². The number of ether oxygens (including phenoxy) is 2. The maximum atomic E-state index is 11.5. The topological polar surface area (TPSA) is 68.7 Å². The van der Waals surface area contributed by atoms with Crippen molar-refractivity contribution in [1.29, 1.82) is 0 Å². The van der Waals surface area contributed by atoms with Crippen LogP contribution >= 0.6 is 11.6 Å². The highest BCUT2D eigenvalue weighted by Crippen LogP contribution is 2.16. The molecule has 2 aromatic rings. The summed E-state index contributed by atoms with van der Waals surface area (Å²) in [6.07, 6.45) is 2.71. The highest BCUT2D eigenvalue weighted by molar-refractivity contribution is 7.90. The van der Waals surface area contributed by atoms with Crippen molar-refractivity contribution in [2.24, 2.45) is 0 Å². The standard InChI is InChI=1S/C18H21ClN2O4S/c1-26(22,23)17-5-2-14(3-6-17)11-21-8-9-24-16(12-21)13-25-18-7-4-15(19)10-20-18/h2-7,10,16H,8-9,11-13H2,1H3. The number of halogens is 1. The second-order valence-electron chi connectivity index (χ2n) is 6.27. The van der Waals surface area contributed by atoms with Gasteiger partial charge < -0.3 is 9.47 Å². The molecule has 3 rings (SSSR count). The second-order valence-corrected chi connectivity index (χ2v) is 8.72. The van der Waals surface area contributed by atoms with Crippen LogP contribution in [0.5, 0.6) is 5.88 Å². The zero-order valence-corrected chi connectivity index (χ0v) is 16.0. The van der Waals surface area contributed by atoms with Crippen LogP contribution in [-0.4, -0.2) is 57.0 Å². The van der Waals surface area contributed by atoms with Crippen molar-refractivity contribution >= 4 is 21.4 Å². The predicted molar refractivity (Wildman–Crippen MR) is 99.3 cm³/mol. The molecule has 1 aliphatic heterocycles. The van der Waals surface area contributed by atoms with Crippen molar-refractivity contribution in [2.45, 2.75) is 17.5 Å². The Labute approximate surface area is 158 Å². The van der Waals surface area contributed by atoms with Gasteiger partial charge in [0.1, 0.15) is 12.7 Å². The normalized spacial score (nSPS) is 18.6. The average molecular weight is 397 g/mol. The predicted octanol–water partition coefficient (Wildman–Crippen LogP) is 2.42. The first kappa shape index (κ1) is 19.1. The number of pyridine rings is 1. The van der Waals surface area contributed by atoms with E-state index in [2.05, 4.69) is 9.88 Å². The molecular formula is C18H21ClN2O4S. The van der Waals surface area contributed by atoms with Crippen LogP contribution in [0.1, 0.15) is 5.56 Å². The third-order valence-electron chi connectivity index (χ3n) is 4.10. The van der Waals surface area contributed by atoms with Crippen molar-refractivity contribution < 1.29 is 17.9 Å². The molecule has 0 bridgehead atoms. The molecule has 1 atom stereocenters. The van der Waals surface area contributed by atoms with Gasteiger partial charge in [0, 0.05) is 38.2 Å². The fourth-order valence-corrected chi connectivity index (χ4v) is 3.49. The quantitative estimate of drug-likeness (QED) is 0.746. The Kier molecular flexibility index (Phi) is 6.13. The van der Waals surface area contributed by atoms with Crippen molar-refractivity contribution in [1.82, 2.24) is 9.88 Å². The molecule has 1 unspecified atom stereocenters. The van der Waals surface area contributed by atoms with Gasteiger partial charge in [-0.25, -0.2) is 13.4 Å². The van der Waals surface area contributed by atoms with Crippen LogP contribution in [0, 0.1) is 0 Å². The molecule has 1 aliphatic rings. The Morgan fingerprint density at radius 3 is 2.69 bits per heavy atom. The average Bonchev–Trinajstić information content (AvgIpc) is 2.61. The summed E-state index contributed by atoms with van der Waals surface area (Å²) in [5.74, 6) is 0.520. The zero-order valence-electron chi connectivity index (χ0n) is 14.5. The molecule has 0 radical (unpaired) electrons. The highest BCUT2D eigenvalue weighted by Gasteiger charge is 2.21. The van der Waals surface area contributed by atoms with Gasteiger partial charge in [-0.2, -0.15) is 0 Å². The first-order valence-corrected chi connectivity index (χ1v) is 10.5. The van der Waals surface area contributed by atoms with Gasteiger partial charge >= 0.3 is 0 Å². The lowest BCUT2D eigenvalue weighted by Gasteiger charge is -2.32. The highest BCUT2D eigenvalue weighted by atomic mass is 35.5. The summed E-state index contributed by atoms with van der Waals surface area (Å²) < 4.78 is 34.5. The summed E-state index contributed by atoms with van der Waals surface area (Å²) in [5, 5.41) is 0.569. The Morgan fingerprint density at radius 2 is 2.04 bits per heavy atom. The molecule has 140 valence electrons. The van der Waals surface area contributed by atoms with Gasteiger partial charge in [0.15, 0.2) is 9.84 Å². The van der Waals surface area contributed by atoms with E-state index in [0.29, 0.717) is 29.0 Å². The summed E-state index contributed by atoms with van der Waals surface area (Å²) >= 11 is 5.81. The Hall–Kier alpha value is -1.67. The maximum absolute atomic E-state index is 11.5. The van der Waals surface area contributed by atoms with E-state index in [-0.39, 0.29) is 6.10 Å². The van der Waals surface area contributed by atoms with Crippen LogP contribution in [0.3, 0.4) is 0 Å². The number of morpholine rings is 1. The van der Waals surface area contributed by atoms with Crippen molar-refractivity contribution in [3.05, 3.63) is 53.2 Å². The SMILES string of the molecule is CS(=O)(=O)c1ccc(CN2CCOC(COc3ccc(Cl)cn3)C2)cc1. The molecule has 6 nitrogen and oxygen atoms in total. The molecule has 26 heavy (non-hydrogen) atoms. The molecular weight excluding hydrogens is 376 g/mol. The lowest BCUT2D eigenvalue weighted by molar-refractivity contribution is -0.0510. The van der Waals surface area contributed by atoms with E-state index in [1.807, 2.05) is 12.1 Å². The molecule has 2 heterocycles. The first-order valence-electron chi connectivity index (χ1n) is 8.27. The van der Waals surface area contributed by atoms with Gasteiger partial charge in [0.2, 0.25) is 5.88 Å². The minimum Gasteiger partial charge on any atom is -0.475 e. The van der Waals surface area contributed by atoms with Gasteiger partial charge in [-0.05, 0) is 23.8 Å². The van der Waals surface area contributed by atoms with Crippen LogP contribution in [0.25, 0.3) is 0 Å². The maximum Gasteiger partial charge on any atom is 0.213 e. The minimum atomic E-state index is -3.16. The monoisotopic (exact) mass is 396 g/mol. The summed E-state index contributed by atoms with van der Waals surface area (Å²) in [7, 11) is -3.16. The van der Waals surface area contributed by atoms with E-state index in [4.69, 9.17) is 21.1 Å². The van der Waals surface area contributed by atoms with E-state index in [1.54, 1.807) is 30.5 Å². The van der Waals surface area contributed by atoms with E-state index in [1.165, 1.54) is 6.26 Å². The van der Waals surface area contributed by atoms with Gasteiger partial charge in [-0.3, -0.25) is 4.90 Å². The number of hydrogen-bond donors (Lipinski definition) is 0. The molecule has 0 saturated carbocycles. The number of nitrogens with zero attached hydrogens (tertiary/aromatic N) is 2. The van der Waals surface area contributed by atoms with E-state index in [9.17, 15) is 8.42 Å². The van der Waals surface area contributed by atoms with Crippen LogP contribution < -0.4 is 4.74 Å². The molecule has 1 fully saturated rings. The lowest BCUT2D eigenvalue weighted by atomic mass is 10.2. The Bertz CT molecular complexity index is 825. The van der Waals surface area contributed by atoms with Gasteiger partial charge in [0.25, 0.3) is 0 Å². The zero-order chi connectivity index (χ0) is 18.6. The van der Waals surface area contributed by atoms with Crippen LogP contribution in [-0.2, 0) is 21.1 Å². The second kappa shape index (κ2) is 8.35. The molecule has 0 N–H and O–H groups in total. The number of benzene rings is 1. The molecule has 0 spiro atoms. The number of rotatable bonds is 6. The van der Waals surface area contributed by atoms with Crippen molar-refractivity contribution in [3.8, 4) is 5.88 Å². The van der Waals surface area contributed by atoms with E-state index >= 15 is 0 Å². The molecule has 8 heteroatoms. The molecule has 1 aromatic heterocycles. The number of sulfone groups is 1. The van der Waals surface area contributed by atoms with Crippen molar-refractivity contribution in [3.63, 3.8) is 0 Å². The third-order valence-corrected chi connectivity index (χ3v) is 5.45. The third kappa shape index (κ3) is 5.41. The fourth-order valence-electron chi connectivity index (χ4n) is 2.75. The first-order chi connectivity index (χ1) is 12.4. The summed E-state index contributed by atoms with van der Waals surface area (Å²) in [6.45, 7) is 3.34. The minimum absolute atomic E-state index is 0.0449. The van der Waals surface area contributed by atoms with Crippen LogP contribution in [0.2, 0.25) is 5.02 Å². The lowest BCUT2D eigenvalue weighted by Crippen LogP contribution is -2.44. The molecule has 1 aromatic carbocycles. The van der Waals surface area contributed by atoms with E-state index in [0.717, 1.165) is 25.2 Å². The summed E-state index contributed by atoms with van der Waals surface area (Å²) in [5.41, 5.74) is 1.07. The van der Waals surface area contributed by atoms with Gasteiger partial charge in [-0.15, -0.1) is 0 Å². The molecule has 0 amide bonds. The fraction of sp³-hybridized carbons (Fsp3) is 0.389. The molecule has 1 saturated heterocycles. The largest absolute Gasteiger partial charge is 0.475 e. The molecule has 0 aliphatic carbocycles. The van der Waals surface area contributed by atoms with Crippen LogP contribution in [0.4, 0.5) is 0 Å². The number of aromatic nitrogens is 1. The van der Waals surface area contributed by atoms with Crippen LogP contribution in [0.15, 0.2) is 47.5 Å². The Balaban J connectivity index is 1.52.